The predicted octanol–water partition coefficient (Wildman–Crippen LogP) is 2.46. The Morgan fingerprint density at radius 3 is 2.75 bits per heavy atom. The zero-order valence-corrected chi connectivity index (χ0v) is 13.4. The number of nitrogens with one attached hydrogen (secondary N) is 1. The largest absolute Gasteiger partial charge is 0.511 e. The van der Waals surface area contributed by atoms with Crippen molar-refractivity contribution in [1.82, 2.24) is 19.7 Å². The van der Waals surface area contributed by atoms with Gasteiger partial charge in [0.15, 0.2) is 5.75 Å². The number of aromatic nitrogens is 4. The number of nitrogens with zero attached hydrogens (tertiary/aromatic N) is 3. The van der Waals surface area contributed by atoms with Crippen LogP contribution in [0.15, 0.2) is 35.4 Å². The summed E-state index contributed by atoms with van der Waals surface area (Å²) in [5.41, 5.74) is 1.21. The Labute approximate surface area is 136 Å². The third-order valence-electron chi connectivity index (χ3n) is 3.54. The minimum absolute atomic E-state index is 0.0358. The number of fused-ring (bicyclic) bond motifs is 1. The number of carboxylic acid groups (broad SMARTS) is 1. The highest BCUT2D eigenvalue weighted by molar-refractivity contribution is 5.79. The molecule has 0 saturated heterocycles. The molecule has 0 unspecified atom stereocenters. The molecule has 0 amide bonds. The molecule has 0 aliphatic heterocycles. The zero-order valence-electron chi connectivity index (χ0n) is 13.4. The van der Waals surface area contributed by atoms with E-state index in [0.29, 0.717) is 10.9 Å². The van der Waals surface area contributed by atoms with E-state index < -0.39 is 6.16 Å². The second-order valence-corrected chi connectivity index (χ2v) is 6.36. The highest BCUT2D eigenvalue weighted by atomic mass is 16.7. The van der Waals surface area contributed by atoms with Gasteiger partial charge in [-0.2, -0.15) is 5.10 Å². The summed E-state index contributed by atoms with van der Waals surface area (Å²) >= 11 is 0. The molecule has 3 aromatic rings. The molecule has 1 aromatic carbocycles. The van der Waals surface area contributed by atoms with E-state index in [1.807, 2.05) is 12.1 Å². The maximum Gasteiger partial charge on any atom is 0.511 e. The van der Waals surface area contributed by atoms with Crippen molar-refractivity contribution in [1.29, 1.82) is 0 Å². The summed E-state index contributed by atoms with van der Waals surface area (Å²) < 4.78 is 5.76. The first-order chi connectivity index (χ1) is 11.2. The normalized spacial score (nSPS) is 11.6. The van der Waals surface area contributed by atoms with Crippen molar-refractivity contribution in [3.05, 3.63) is 46.5 Å². The first-order valence-corrected chi connectivity index (χ1v) is 7.24. The highest BCUT2D eigenvalue weighted by Crippen LogP contribution is 2.24. The van der Waals surface area contributed by atoms with Gasteiger partial charge in [0.25, 0.3) is 5.56 Å². The molecule has 24 heavy (non-hydrogen) atoms. The molecular weight excluding hydrogens is 312 g/mol. The molecule has 0 saturated carbocycles. The fraction of sp³-hybridized carbons (Fsp3) is 0.250. The van der Waals surface area contributed by atoms with Crippen LogP contribution >= 0.6 is 0 Å². The smallest absolute Gasteiger partial charge is 0.449 e. The van der Waals surface area contributed by atoms with Crippen molar-refractivity contribution >= 4 is 17.1 Å². The van der Waals surface area contributed by atoms with Gasteiger partial charge in [-0.25, -0.2) is 14.5 Å². The lowest BCUT2D eigenvalue weighted by Gasteiger charge is -2.19. The molecule has 2 N–H and O–H groups in total. The second kappa shape index (κ2) is 5.48. The van der Waals surface area contributed by atoms with Crippen LogP contribution < -0.4 is 10.3 Å². The Bertz CT molecular complexity index is 982. The van der Waals surface area contributed by atoms with Gasteiger partial charge in [0.05, 0.1) is 23.3 Å². The van der Waals surface area contributed by atoms with Crippen LogP contribution in [0.4, 0.5) is 4.79 Å². The Kier molecular flexibility index (Phi) is 3.59. The Balaban J connectivity index is 2.10. The van der Waals surface area contributed by atoms with Gasteiger partial charge in [-0.3, -0.25) is 9.78 Å². The Hall–Kier alpha value is -3.16. The molecule has 0 bridgehead atoms. The lowest BCUT2D eigenvalue weighted by molar-refractivity contribution is 0.144. The summed E-state index contributed by atoms with van der Waals surface area (Å²) in [4.78, 5) is 29.8. The summed E-state index contributed by atoms with van der Waals surface area (Å²) in [6.07, 6.45) is 1.11. The molecule has 0 aliphatic carbocycles. The SMILES string of the molecule is CC(C)(C)c1ccc2c(=O)[nH]c(-n3cc(OC(=O)O)cn3)nc2c1. The lowest BCUT2D eigenvalue weighted by atomic mass is 9.87. The molecule has 2 aromatic heterocycles. The van der Waals surface area contributed by atoms with Crippen molar-refractivity contribution in [2.75, 3.05) is 0 Å². The average Bonchev–Trinajstić information content (AvgIpc) is 2.93. The standard InChI is InChI=1S/C16H16N4O4/c1-16(2,3)9-4-5-11-12(6-9)18-14(19-13(11)21)20-8-10(7-17-20)24-15(22)23/h4-8H,1-3H3,(H,22,23)(H,18,19,21). The third-order valence-corrected chi connectivity index (χ3v) is 3.54. The number of rotatable bonds is 2. The number of carbonyl (C=O) groups is 1. The van der Waals surface area contributed by atoms with Crippen LogP contribution in [0.25, 0.3) is 16.9 Å². The predicted molar refractivity (Wildman–Crippen MR) is 86.8 cm³/mol. The Morgan fingerprint density at radius 1 is 1.33 bits per heavy atom. The quantitative estimate of drug-likeness (QED) is 0.699. The van der Waals surface area contributed by atoms with Crippen LogP contribution in [0.1, 0.15) is 26.3 Å². The van der Waals surface area contributed by atoms with Crippen LogP contribution in [-0.4, -0.2) is 31.0 Å². The fourth-order valence-electron chi connectivity index (χ4n) is 2.28. The molecule has 0 atom stereocenters. The van der Waals surface area contributed by atoms with Crippen LogP contribution in [0.3, 0.4) is 0 Å². The van der Waals surface area contributed by atoms with Crippen LogP contribution in [0.5, 0.6) is 5.75 Å². The van der Waals surface area contributed by atoms with E-state index in [4.69, 9.17) is 5.11 Å². The van der Waals surface area contributed by atoms with Gasteiger partial charge in [0.2, 0.25) is 5.95 Å². The van der Waals surface area contributed by atoms with Crippen molar-refractivity contribution in [3.8, 4) is 11.7 Å². The summed E-state index contributed by atoms with van der Waals surface area (Å²) in [6, 6.07) is 5.52. The molecule has 0 fully saturated rings. The molecule has 2 heterocycles. The van der Waals surface area contributed by atoms with Gasteiger partial charge in [-0.1, -0.05) is 26.8 Å². The van der Waals surface area contributed by atoms with E-state index in [-0.39, 0.29) is 22.7 Å². The lowest BCUT2D eigenvalue weighted by Crippen LogP contribution is -2.16. The number of aromatic amines is 1. The number of H-pyrrole nitrogens is 1. The molecule has 0 spiro atoms. The van der Waals surface area contributed by atoms with Crippen LogP contribution in [-0.2, 0) is 5.41 Å². The van der Waals surface area contributed by atoms with Crippen molar-refractivity contribution < 1.29 is 14.6 Å². The molecule has 0 aliphatic rings. The van der Waals surface area contributed by atoms with Gasteiger partial charge < -0.3 is 9.84 Å². The van der Waals surface area contributed by atoms with E-state index >= 15 is 0 Å². The molecule has 3 rings (SSSR count). The van der Waals surface area contributed by atoms with E-state index in [2.05, 4.69) is 40.6 Å². The van der Waals surface area contributed by atoms with Crippen molar-refractivity contribution in [2.24, 2.45) is 0 Å². The first-order valence-electron chi connectivity index (χ1n) is 7.24. The summed E-state index contributed by atoms with van der Waals surface area (Å²) in [5, 5.41) is 13.0. The number of hydrogen-bond donors (Lipinski definition) is 2. The van der Waals surface area contributed by atoms with Crippen molar-refractivity contribution in [2.45, 2.75) is 26.2 Å². The molecule has 8 heteroatoms. The van der Waals surface area contributed by atoms with Gasteiger partial charge in [0.1, 0.15) is 0 Å². The summed E-state index contributed by atoms with van der Waals surface area (Å²) in [7, 11) is 0. The minimum Gasteiger partial charge on any atom is -0.449 e. The third kappa shape index (κ3) is 2.98. The molecule has 8 nitrogen and oxygen atoms in total. The maximum atomic E-state index is 12.3. The van der Waals surface area contributed by atoms with E-state index in [1.165, 1.54) is 17.1 Å². The Morgan fingerprint density at radius 2 is 2.08 bits per heavy atom. The van der Waals surface area contributed by atoms with Crippen LogP contribution in [0, 0.1) is 0 Å². The summed E-state index contributed by atoms with van der Waals surface area (Å²) in [5.74, 6) is 0.215. The van der Waals surface area contributed by atoms with Gasteiger partial charge in [0, 0.05) is 0 Å². The number of ether oxygens (including phenoxy) is 1. The first kappa shape index (κ1) is 15.7. The zero-order chi connectivity index (χ0) is 17.5. The van der Waals surface area contributed by atoms with Gasteiger partial charge >= 0.3 is 6.16 Å². The molecule has 124 valence electrons. The summed E-state index contributed by atoms with van der Waals surface area (Å²) in [6.45, 7) is 6.22. The number of hydrogen-bond acceptors (Lipinski definition) is 5. The maximum absolute atomic E-state index is 12.3. The van der Waals surface area contributed by atoms with E-state index in [9.17, 15) is 9.59 Å². The number of benzene rings is 1. The minimum atomic E-state index is -1.44. The van der Waals surface area contributed by atoms with Crippen LogP contribution in [0.2, 0.25) is 0 Å². The van der Waals surface area contributed by atoms with Gasteiger partial charge in [-0.15, -0.1) is 0 Å². The average molecular weight is 328 g/mol. The highest BCUT2D eigenvalue weighted by Gasteiger charge is 2.16. The van der Waals surface area contributed by atoms with E-state index in [1.54, 1.807) is 6.07 Å². The topological polar surface area (TPSA) is 110 Å². The monoisotopic (exact) mass is 328 g/mol. The molecular formula is C16H16N4O4. The fourth-order valence-corrected chi connectivity index (χ4v) is 2.28. The molecule has 0 radical (unpaired) electrons. The van der Waals surface area contributed by atoms with Crippen molar-refractivity contribution in [3.63, 3.8) is 0 Å². The van der Waals surface area contributed by atoms with Gasteiger partial charge in [-0.05, 0) is 23.1 Å². The second-order valence-electron chi connectivity index (χ2n) is 6.36. The van der Waals surface area contributed by atoms with E-state index in [0.717, 1.165) is 5.56 Å².